The zero-order chi connectivity index (χ0) is 28.7. The summed E-state index contributed by atoms with van der Waals surface area (Å²) in [6.45, 7) is 8.23. The summed E-state index contributed by atoms with van der Waals surface area (Å²) in [7, 11) is 0. The molecule has 2 aromatic heterocycles. The molecule has 0 spiro atoms. The summed E-state index contributed by atoms with van der Waals surface area (Å²) in [6, 6.07) is 10.9. The van der Waals surface area contributed by atoms with Crippen molar-refractivity contribution in [1.29, 1.82) is 0 Å². The summed E-state index contributed by atoms with van der Waals surface area (Å²) in [5.41, 5.74) is 6.37. The zero-order valence-electron chi connectivity index (χ0n) is 20.2. The van der Waals surface area contributed by atoms with Crippen LogP contribution in [0.3, 0.4) is 0 Å². The van der Waals surface area contributed by atoms with E-state index >= 15 is 0 Å². The maximum atomic E-state index is 10.6. The molecule has 14 heteroatoms. The van der Waals surface area contributed by atoms with Crippen molar-refractivity contribution in [2.75, 3.05) is 6.54 Å². The number of imidazole rings is 1. The van der Waals surface area contributed by atoms with Crippen LogP contribution in [-0.2, 0) is 29.2 Å². The molecule has 2 N–H and O–H groups in total. The van der Waals surface area contributed by atoms with Gasteiger partial charge in [-0.1, -0.05) is 29.3 Å². The second kappa shape index (κ2) is 12.5. The molecule has 0 atom stereocenters. The first kappa shape index (κ1) is 30.3. The van der Waals surface area contributed by atoms with E-state index in [1.807, 2.05) is 24.7 Å². The Balaban J connectivity index is 0.000000301. The van der Waals surface area contributed by atoms with Gasteiger partial charge >= 0.3 is 24.3 Å². The molecule has 0 fully saturated rings. The summed E-state index contributed by atoms with van der Waals surface area (Å²) in [6.07, 6.45) is -4.47. The molecule has 0 aliphatic carbocycles. The van der Waals surface area contributed by atoms with E-state index < -0.39 is 24.3 Å². The number of nitrogens with zero attached hydrogens (tertiary/aromatic N) is 4. The van der Waals surface area contributed by atoms with Crippen molar-refractivity contribution in [2.24, 2.45) is 0 Å². The number of pyridine rings is 1. The molecule has 38 heavy (non-hydrogen) atoms. The first-order valence-corrected chi connectivity index (χ1v) is 10.9. The molecule has 1 aromatic carbocycles. The van der Waals surface area contributed by atoms with Gasteiger partial charge in [0, 0.05) is 37.6 Å². The van der Waals surface area contributed by atoms with E-state index in [1.54, 1.807) is 0 Å². The van der Waals surface area contributed by atoms with E-state index in [1.165, 1.54) is 22.4 Å². The fourth-order valence-corrected chi connectivity index (χ4v) is 3.61. The fourth-order valence-electron chi connectivity index (χ4n) is 3.61. The molecule has 0 bridgehead atoms. The lowest BCUT2D eigenvalue weighted by Crippen LogP contribution is -2.33. The minimum absolute atomic E-state index is 0.896. The number of rotatable bonds is 3. The molecular weight excluding hydrogens is 522 g/mol. The summed E-state index contributed by atoms with van der Waals surface area (Å²) in [5, 5.41) is 14.2. The number of alkyl halides is 6. The Kier molecular flexibility index (Phi) is 9.99. The molecule has 8 nitrogen and oxygen atoms in total. The molecule has 3 heterocycles. The van der Waals surface area contributed by atoms with Crippen molar-refractivity contribution in [3.05, 3.63) is 71.4 Å². The number of aryl methyl sites for hydroxylation is 2. The van der Waals surface area contributed by atoms with Crippen LogP contribution in [0.4, 0.5) is 26.3 Å². The Morgan fingerprint density at radius 1 is 0.921 bits per heavy atom. The smallest absolute Gasteiger partial charge is 0.475 e. The van der Waals surface area contributed by atoms with Crippen molar-refractivity contribution in [2.45, 2.75) is 45.8 Å². The number of halogens is 6. The molecule has 0 unspecified atom stereocenters. The van der Waals surface area contributed by atoms with Crippen LogP contribution in [0.2, 0.25) is 0 Å². The number of hydrogen-bond donors (Lipinski definition) is 2. The molecule has 3 aromatic rings. The van der Waals surface area contributed by atoms with Gasteiger partial charge < -0.3 is 14.8 Å². The number of hydrogen-bond acceptors (Lipinski definition) is 5. The maximum absolute atomic E-state index is 10.6. The Morgan fingerprint density at radius 3 is 1.95 bits per heavy atom. The average Bonchev–Trinajstić information content (AvgIpc) is 3.22. The second-order valence-electron chi connectivity index (χ2n) is 8.27. The fraction of sp³-hybridized carbons (Fsp3) is 0.333. The van der Waals surface area contributed by atoms with E-state index in [4.69, 9.17) is 19.8 Å². The van der Waals surface area contributed by atoms with Gasteiger partial charge in [0.15, 0.2) is 0 Å². The number of benzene rings is 1. The van der Waals surface area contributed by atoms with Crippen LogP contribution in [0, 0.1) is 13.8 Å². The van der Waals surface area contributed by atoms with E-state index in [9.17, 15) is 26.3 Å². The predicted molar refractivity (Wildman–Crippen MR) is 123 cm³/mol. The Hall–Kier alpha value is -3.94. The van der Waals surface area contributed by atoms with Gasteiger partial charge in [-0.3, -0.25) is 9.88 Å². The summed E-state index contributed by atoms with van der Waals surface area (Å²) >= 11 is 0. The average molecular weight is 546 g/mol. The van der Waals surface area contributed by atoms with Gasteiger partial charge in [-0.2, -0.15) is 26.3 Å². The predicted octanol–water partition coefficient (Wildman–Crippen LogP) is 4.84. The normalized spacial score (nSPS) is 13.4. The monoisotopic (exact) mass is 546 g/mol. The van der Waals surface area contributed by atoms with E-state index in [0.717, 1.165) is 37.6 Å². The molecule has 1 aliphatic heterocycles. The Labute approximate surface area is 213 Å². The number of carboxylic acids is 2. The first-order chi connectivity index (χ1) is 17.6. The van der Waals surface area contributed by atoms with Crippen LogP contribution in [0.25, 0.3) is 11.3 Å². The quantitative estimate of drug-likeness (QED) is 0.453. The molecule has 0 amide bonds. The highest BCUT2D eigenvalue weighted by molar-refractivity contribution is 5.73. The van der Waals surface area contributed by atoms with Crippen molar-refractivity contribution >= 4 is 11.9 Å². The van der Waals surface area contributed by atoms with Crippen molar-refractivity contribution < 1.29 is 46.1 Å². The van der Waals surface area contributed by atoms with Gasteiger partial charge in [-0.05, 0) is 31.5 Å². The lowest BCUT2D eigenvalue weighted by atomic mass is 10.1. The highest BCUT2D eigenvalue weighted by Crippen LogP contribution is 2.24. The maximum Gasteiger partial charge on any atom is 0.490 e. The van der Waals surface area contributed by atoms with Gasteiger partial charge in [0.2, 0.25) is 0 Å². The highest BCUT2D eigenvalue weighted by atomic mass is 19.4. The topological polar surface area (TPSA) is 109 Å². The summed E-state index contributed by atoms with van der Waals surface area (Å²) in [5.74, 6) is -4.37. The first-order valence-electron chi connectivity index (χ1n) is 10.9. The van der Waals surface area contributed by atoms with Crippen molar-refractivity contribution in [3.63, 3.8) is 0 Å². The number of carbonyl (C=O) groups is 2. The van der Waals surface area contributed by atoms with Crippen LogP contribution in [0.1, 0.15) is 22.5 Å². The van der Waals surface area contributed by atoms with E-state index in [-0.39, 0.29) is 0 Å². The molecule has 0 saturated heterocycles. The zero-order valence-corrected chi connectivity index (χ0v) is 20.2. The molecule has 0 radical (unpaired) electrons. The third-order valence-corrected chi connectivity index (χ3v) is 5.07. The molecular formula is C24H24F6N4O4. The van der Waals surface area contributed by atoms with Crippen LogP contribution in [0.5, 0.6) is 0 Å². The van der Waals surface area contributed by atoms with E-state index in [0.29, 0.717) is 0 Å². The number of aromatic nitrogens is 3. The summed E-state index contributed by atoms with van der Waals surface area (Å²) in [4.78, 5) is 29.1. The number of carboxylic acid groups (broad SMARTS) is 2. The SMILES string of the molecule is Cc1cc(C)cc(CN2CCn3c(-c4cccnc4)cnc3C2)c1.O=C(O)C(F)(F)F.O=C(O)C(F)(F)F. The largest absolute Gasteiger partial charge is 0.490 e. The van der Waals surface area contributed by atoms with Crippen molar-refractivity contribution in [1.82, 2.24) is 19.4 Å². The highest BCUT2D eigenvalue weighted by Gasteiger charge is 2.38. The van der Waals surface area contributed by atoms with E-state index in [2.05, 4.69) is 57.5 Å². The Bertz CT molecular complexity index is 1200. The van der Waals surface area contributed by atoms with Crippen molar-refractivity contribution in [3.8, 4) is 11.3 Å². The standard InChI is InChI=1S/C20H22N4.2C2HF3O2/c1-15-8-16(2)10-17(9-15)13-23-6-7-24-19(12-22-20(24)14-23)18-4-3-5-21-11-18;2*3-2(4,5)1(6)7/h3-5,8-12H,6-7,13-14H2,1-2H3;2*(H,6,7). The lowest BCUT2D eigenvalue weighted by molar-refractivity contribution is -0.193. The van der Waals surface area contributed by atoms with Gasteiger partial charge in [-0.15, -0.1) is 0 Å². The molecule has 4 rings (SSSR count). The second-order valence-corrected chi connectivity index (χ2v) is 8.27. The van der Waals surface area contributed by atoms with Crippen LogP contribution in [-0.4, -0.2) is 60.5 Å². The number of fused-ring (bicyclic) bond motifs is 1. The lowest BCUT2D eigenvalue weighted by Gasteiger charge is -2.28. The van der Waals surface area contributed by atoms with Gasteiger partial charge in [0.1, 0.15) is 5.82 Å². The summed E-state index contributed by atoms with van der Waals surface area (Å²) < 4.78 is 65.8. The van der Waals surface area contributed by atoms with Crippen LogP contribution >= 0.6 is 0 Å². The van der Waals surface area contributed by atoms with Crippen LogP contribution in [0.15, 0.2) is 48.9 Å². The van der Waals surface area contributed by atoms with Crippen LogP contribution < -0.4 is 0 Å². The Morgan fingerprint density at radius 2 is 1.47 bits per heavy atom. The minimum atomic E-state index is -5.08. The number of aliphatic carboxylic acids is 2. The molecule has 1 aliphatic rings. The molecule has 206 valence electrons. The van der Waals surface area contributed by atoms with Gasteiger partial charge in [0.05, 0.1) is 18.4 Å². The van der Waals surface area contributed by atoms with Gasteiger partial charge in [0.25, 0.3) is 0 Å². The third kappa shape index (κ3) is 9.18. The minimum Gasteiger partial charge on any atom is -0.475 e. The van der Waals surface area contributed by atoms with Gasteiger partial charge in [-0.25, -0.2) is 14.6 Å². The third-order valence-electron chi connectivity index (χ3n) is 5.07. The molecule has 0 saturated carbocycles.